The number of benzene rings is 1. The lowest BCUT2D eigenvalue weighted by Crippen LogP contribution is -2.41. The van der Waals surface area contributed by atoms with Crippen molar-refractivity contribution in [3.05, 3.63) is 59.3 Å². The van der Waals surface area contributed by atoms with Crippen molar-refractivity contribution >= 4 is 5.91 Å². The predicted octanol–water partition coefficient (Wildman–Crippen LogP) is 1.88. The first kappa shape index (κ1) is 15.6. The third kappa shape index (κ3) is 3.18. The fraction of sp³-hybridized carbons (Fsp3) is 0.278. The molecule has 1 aliphatic rings. The van der Waals surface area contributed by atoms with E-state index in [0.29, 0.717) is 18.0 Å². The number of imidazole rings is 1. The lowest BCUT2D eigenvalue weighted by molar-refractivity contribution is -0.123. The Morgan fingerprint density at radius 1 is 1.36 bits per heavy atom. The number of aryl methyl sites for hydroxylation is 1. The molecule has 1 amide bonds. The quantitative estimate of drug-likeness (QED) is 0.675. The van der Waals surface area contributed by atoms with Crippen LogP contribution in [0.3, 0.4) is 0 Å². The maximum absolute atomic E-state index is 12.5. The third-order valence-electron chi connectivity index (χ3n) is 4.35. The number of carbonyl (C=O) groups is 1. The average molecular weight is 337 g/mol. The molecule has 3 heterocycles. The van der Waals surface area contributed by atoms with Gasteiger partial charge in [0, 0.05) is 30.3 Å². The van der Waals surface area contributed by atoms with Gasteiger partial charge in [0.25, 0.3) is 0 Å². The van der Waals surface area contributed by atoms with Crippen molar-refractivity contribution in [2.75, 3.05) is 6.54 Å². The number of carbonyl (C=O) groups excluding carboxylic acids is 1. The molecule has 1 aliphatic heterocycles. The number of fused-ring (bicyclic) bond motifs is 1. The Morgan fingerprint density at radius 3 is 3.04 bits per heavy atom. The highest BCUT2D eigenvalue weighted by Crippen LogP contribution is 2.21. The number of nitrogens with zero attached hydrogens (tertiary/aromatic N) is 2. The average Bonchev–Trinajstić information content (AvgIpc) is 3.29. The van der Waals surface area contributed by atoms with E-state index in [4.69, 9.17) is 4.52 Å². The summed E-state index contributed by atoms with van der Waals surface area (Å²) in [5.74, 6) is 0.572. The van der Waals surface area contributed by atoms with E-state index in [-0.39, 0.29) is 5.91 Å². The van der Waals surface area contributed by atoms with E-state index in [9.17, 15) is 4.79 Å². The van der Waals surface area contributed by atoms with Gasteiger partial charge >= 0.3 is 0 Å². The first-order valence-corrected chi connectivity index (χ1v) is 8.26. The topological polar surface area (TPSA) is 95.8 Å². The molecule has 7 nitrogen and oxygen atoms in total. The lowest BCUT2D eigenvalue weighted by atomic mass is 10.1. The number of rotatable bonds is 4. The molecule has 0 aliphatic carbocycles. The second-order valence-corrected chi connectivity index (χ2v) is 6.17. The van der Waals surface area contributed by atoms with Gasteiger partial charge in [-0.05, 0) is 6.92 Å². The van der Waals surface area contributed by atoms with E-state index in [1.54, 1.807) is 6.33 Å². The molecule has 0 bridgehead atoms. The van der Waals surface area contributed by atoms with Crippen molar-refractivity contribution < 1.29 is 9.32 Å². The van der Waals surface area contributed by atoms with Crippen LogP contribution < -0.4 is 10.6 Å². The number of amides is 1. The smallest absolute Gasteiger partial charge is 0.243 e. The van der Waals surface area contributed by atoms with E-state index in [1.165, 1.54) is 5.56 Å². The number of H-pyrrole nitrogens is 1. The largest absolute Gasteiger partial charge is 0.356 e. The second kappa shape index (κ2) is 6.52. The maximum atomic E-state index is 12.5. The summed E-state index contributed by atoms with van der Waals surface area (Å²) < 4.78 is 5.38. The lowest BCUT2D eigenvalue weighted by Gasteiger charge is -2.21. The molecule has 1 aromatic carbocycles. The second-order valence-electron chi connectivity index (χ2n) is 6.17. The summed E-state index contributed by atoms with van der Waals surface area (Å²) in [4.78, 5) is 19.8. The summed E-state index contributed by atoms with van der Waals surface area (Å²) in [6.07, 6.45) is 2.48. The Morgan fingerprint density at radius 2 is 2.20 bits per heavy atom. The van der Waals surface area contributed by atoms with Crippen LogP contribution in [0.25, 0.3) is 11.3 Å². The van der Waals surface area contributed by atoms with Crippen molar-refractivity contribution in [2.24, 2.45) is 0 Å². The molecule has 0 fully saturated rings. The molecule has 0 spiro atoms. The van der Waals surface area contributed by atoms with Gasteiger partial charge in [0.2, 0.25) is 5.91 Å². The van der Waals surface area contributed by atoms with Gasteiger partial charge in [-0.3, -0.25) is 4.79 Å². The number of aromatic nitrogens is 3. The minimum Gasteiger partial charge on any atom is -0.356 e. The Kier molecular flexibility index (Phi) is 4.07. The van der Waals surface area contributed by atoms with Crippen molar-refractivity contribution in [1.82, 2.24) is 25.8 Å². The molecular weight excluding hydrogens is 318 g/mol. The van der Waals surface area contributed by atoms with Crippen LogP contribution in [0, 0.1) is 6.92 Å². The first-order chi connectivity index (χ1) is 12.2. The van der Waals surface area contributed by atoms with Crippen molar-refractivity contribution in [1.29, 1.82) is 0 Å². The van der Waals surface area contributed by atoms with E-state index in [2.05, 4.69) is 25.8 Å². The van der Waals surface area contributed by atoms with E-state index < -0.39 is 6.04 Å². The Labute approximate surface area is 144 Å². The Hall–Kier alpha value is -2.93. The minimum absolute atomic E-state index is 0.118. The van der Waals surface area contributed by atoms with Crippen LogP contribution in [-0.4, -0.2) is 27.6 Å². The van der Waals surface area contributed by atoms with Gasteiger partial charge in [-0.15, -0.1) is 0 Å². The first-order valence-electron chi connectivity index (χ1n) is 8.26. The zero-order valence-corrected chi connectivity index (χ0v) is 13.9. The highest BCUT2D eigenvalue weighted by molar-refractivity contribution is 5.83. The molecular formula is C18H19N5O2. The van der Waals surface area contributed by atoms with Gasteiger partial charge in [0.15, 0.2) is 5.76 Å². The molecule has 25 heavy (non-hydrogen) atoms. The molecule has 7 heteroatoms. The van der Waals surface area contributed by atoms with Gasteiger partial charge in [0.1, 0.15) is 11.7 Å². The minimum atomic E-state index is -0.432. The van der Waals surface area contributed by atoms with Crippen LogP contribution >= 0.6 is 0 Å². The molecule has 1 atom stereocenters. The SMILES string of the molecule is Cc1ccc(-c2cc(CNC(=O)C3NCCc4[nH]cnc43)no2)cc1. The highest BCUT2D eigenvalue weighted by atomic mass is 16.5. The highest BCUT2D eigenvalue weighted by Gasteiger charge is 2.28. The Balaban J connectivity index is 1.41. The molecule has 1 unspecified atom stereocenters. The molecule has 3 aromatic rings. The fourth-order valence-electron chi connectivity index (χ4n) is 2.96. The summed E-state index contributed by atoms with van der Waals surface area (Å²) in [7, 11) is 0. The van der Waals surface area contributed by atoms with Crippen molar-refractivity contribution in [3.8, 4) is 11.3 Å². The normalized spacial score (nSPS) is 16.4. The van der Waals surface area contributed by atoms with Crippen LogP contribution in [0.5, 0.6) is 0 Å². The van der Waals surface area contributed by atoms with Gasteiger partial charge in [-0.25, -0.2) is 4.98 Å². The predicted molar refractivity (Wildman–Crippen MR) is 91.6 cm³/mol. The van der Waals surface area contributed by atoms with Crippen molar-refractivity contribution in [3.63, 3.8) is 0 Å². The number of nitrogens with one attached hydrogen (secondary N) is 3. The number of hydrogen-bond acceptors (Lipinski definition) is 5. The monoisotopic (exact) mass is 337 g/mol. The van der Waals surface area contributed by atoms with Gasteiger partial charge in [0.05, 0.1) is 18.6 Å². The summed E-state index contributed by atoms with van der Waals surface area (Å²) in [6, 6.07) is 9.44. The van der Waals surface area contributed by atoms with Gasteiger partial charge < -0.3 is 20.1 Å². The number of hydrogen-bond donors (Lipinski definition) is 3. The molecule has 0 radical (unpaired) electrons. The van der Waals surface area contributed by atoms with Crippen LogP contribution in [0.15, 0.2) is 41.2 Å². The summed E-state index contributed by atoms with van der Waals surface area (Å²) in [6.45, 7) is 3.09. The van der Waals surface area contributed by atoms with Gasteiger partial charge in [-0.1, -0.05) is 35.0 Å². The van der Waals surface area contributed by atoms with Gasteiger partial charge in [-0.2, -0.15) is 0 Å². The molecule has 128 valence electrons. The zero-order chi connectivity index (χ0) is 17.2. The van der Waals surface area contributed by atoms with Crippen molar-refractivity contribution in [2.45, 2.75) is 25.9 Å². The van der Waals surface area contributed by atoms with E-state index in [0.717, 1.165) is 29.9 Å². The molecule has 0 saturated heterocycles. The molecule has 2 aromatic heterocycles. The summed E-state index contributed by atoms with van der Waals surface area (Å²) in [5.41, 5.74) is 4.62. The van der Waals surface area contributed by atoms with Crippen LogP contribution in [0.1, 0.15) is 28.7 Å². The standard InChI is InChI=1S/C18H19N5O2/c1-11-2-4-12(5-3-11)15-8-13(23-25-15)9-20-18(24)17-16-14(6-7-19-17)21-10-22-16/h2-5,8,10,17,19H,6-7,9H2,1H3,(H,20,24)(H,21,22). The maximum Gasteiger partial charge on any atom is 0.243 e. The van der Waals surface area contributed by atoms with E-state index in [1.807, 2.05) is 37.3 Å². The summed E-state index contributed by atoms with van der Waals surface area (Å²) >= 11 is 0. The van der Waals surface area contributed by atoms with Crippen LogP contribution in [0.2, 0.25) is 0 Å². The number of aromatic amines is 1. The molecule has 0 saturated carbocycles. The van der Waals surface area contributed by atoms with E-state index >= 15 is 0 Å². The summed E-state index contributed by atoms with van der Waals surface area (Å²) in [5, 5.41) is 10.1. The van der Waals surface area contributed by atoms with Crippen LogP contribution in [-0.2, 0) is 17.8 Å². The molecule has 4 rings (SSSR count). The molecule has 3 N–H and O–H groups in total. The third-order valence-corrected chi connectivity index (χ3v) is 4.35. The Bertz CT molecular complexity index is 881. The van der Waals surface area contributed by atoms with Crippen LogP contribution in [0.4, 0.5) is 0 Å². The fourth-order valence-corrected chi connectivity index (χ4v) is 2.96. The zero-order valence-electron chi connectivity index (χ0n) is 13.9.